The summed E-state index contributed by atoms with van der Waals surface area (Å²) in [6.07, 6.45) is 3.04. The lowest BCUT2D eigenvalue weighted by Gasteiger charge is -2.20. The van der Waals surface area contributed by atoms with Crippen molar-refractivity contribution in [2.75, 3.05) is 26.8 Å². The first-order valence-electron chi connectivity index (χ1n) is 5.91. The molecule has 0 fully saturated rings. The molecule has 0 bridgehead atoms. The van der Waals surface area contributed by atoms with Crippen LogP contribution in [0.1, 0.15) is 10.4 Å². The van der Waals surface area contributed by atoms with E-state index in [4.69, 9.17) is 9.84 Å². The van der Waals surface area contributed by atoms with Crippen molar-refractivity contribution in [2.45, 2.75) is 0 Å². The SMILES string of the molecule is COCCN(CC(=O)O)C(=O)c1ccc2nncn2c1. The zero-order chi connectivity index (χ0) is 14.5. The molecule has 1 N–H and O–H groups in total. The third-order valence-corrected chi connectivity index (χ3v) is 2.72. The molecule has 0 aliphatic heterocycles. The van der Waals surface area contributed by atoms with Crippen molar-refractivity contribution < 1.29 is 19.4 Å². The number of nitrogens with zero attached hydrogens (tertiary/aromatic N) is 4. The highest BCUT2D eigenvalue weighted by Gasteiger charge is 2.18. The molecule has 0 aliphatic rings. The minimum absolute atomic E-state index is 0.210. The highest BCUT2D eigenvalue weighted by molar-refractivity contribution is 5.95. The standard InChI is InChI=1S/C12H14N4O4/c1-20-5-4-15(7-11(17)18)12(19)9-2-3-10-14-13-8-16(10)6-9/h2-3,6,8H,4-5,7H2,1H3,(H,17,18). The molecule has 0 radical (unpaired) electrons. The Balaban J connectivity index is 2.22. The molecule has 0 saturated carbocycles. The molecule has 106 valence electrons. The van der Waals surface area contributed by atoms with Gasteiger partial charge < -0.3 is 14.7 Å². The van der Waals surface area contributed by atoms with Gasteiger partial charge in [-0.05, 0) is 12.1 Å². The van der Waals surface area contributed by atoms with E-state index in [0.717, 1.165) is 0 Å². The average Bonchev–Trinajstić information content (AvgIpc) is 2.89. The molecule has 8 nitrogen and oxygen atoms in total. The van der Waals surface area contributed by atoms with Gasteiger partial charge in [0.1, 0.15) is 12.9 Å². The number of fused-ring (bicyclic) bond motifs is 1. The Labute approximate surface area is 114 Å². The molecule has 2 rings (SSSR count). The van der Waals surface area contributed by atoms with Crippen LogP contribution in [0, 0.1) is 0 Å². The number of ether oxygens (including phenoxy) is 1. The summed E-state index contributed by atoms with van der Waals surface area (Å²) in [7, 11) is 1.49. The van der Waals surface area contributed by atoms with E-state index < -0.39 is 5.97 Å². The first kappa shape index (κ1) is 13.9. The van der Waals surface area contributed by atoms with Crippen molar-refractivity contribution >= 4 is 17.5 Å². The van der Waals surface area contributed by atoms with Gasteiger partial charge in [0.15, 0.2) is 5.65 Å². The Morgan fingerprint density at radius 2 is 2.25 bits per heavy atom. The Kier molecular flexibility index (Phi) is 4.26. The second-order valence-electron chi connectivity index (χ2n) is 4.13. The molecule has 2 heterocycles. The number of amides is 1. The number of methoxy groups -OCH3 is 1. The zero-order valence-corrected chi connectivity index (χ0v) is 10.9. The Hall–Kier alpha value is -2.48. The minimum Gasteiger partial charge on any atom is -0.480 e. The summed E-state index contributed by atoms with van der Waals surface area (Å²) in [4.78, 5) is 24.3. The highest BCUT2D eigenvalue weighted by Crippen LogP contribution is 2.07. The monoisotopic (exact) mass is 278 g/mol. The van der Waals surface area contributed by atoms with E-state index in [1.54, 1.807) is 22.7 Å². The number of carboxylic acids is 1. The minimum atomic E-state index is -1.07. The maximum atomic E-state index is 12.3. The third kappa shape index (κ3) is 3.09. The van der Waals surface area contributed by atoms with Crippen LogP contribution in [0.4, 0.5) is 0 Å². The summed E-state index contributed by atoms with van der Waals surface area (Å²) in [5.74, 6) is -1.44. The van der Waals surface area contributed by atoms with Crippen molar-refractivity contribution in [3.05, 3.63) is 30.2 Å². The van der Waals surface area contributed by atoms with Gasteiger partial charge in [-0.15, -0.1) is 10.2 Å². The van der Waals surface area contributed by atoms with Crippen molar-refractivity contribution in [3.63, 3.8) is 0 Å². The van der Waals surface area contributed by atoms with E-state index in [-0.39, 0.29) is 25.6 Å². The first-order valence-corrected chi connectivity index (χ1v) is 5.91. The fraction of sp³-hybridized carbons (Fsp3) is 0.333. The van der Waals surface area contributed by atoms with E-state index in [9.17, 15) is 9.59 Å². The summed E-state index contributed by atoms with van der Waals surface area (Å²) in [5, 5.41) is 16.4. The van der Waals surface area contributed by atoms with Crippen LogP contribution in [0.15, 0.2) is 24.7 Å². The Morgan fingerprint density at radius 3 is 2.95 bits per heavy atom. The van der Waals surface area contributed by atoms with Crippen molar-refractivity contribution in [3.8, 4) is 0 Å². The summed E-state index contributed by atoms with van der Waals surface area (Å²) < 4.78 is 6.49. The molecule has 0 saturated heterocycles. The molecule has 1 amide bonds. The van der Waals surface area contributed by atoms with Crippen LogP contribution in [-0.2, 0) is 9.53 Å². The summed E-state index contributed by atoms with van der Waals surface area (Å²) >= 11 is 0. The van der Waals surface area contributed by atoms with Crippen LogP contribution in [0.2, 0.25) is 0 Å². The number of rotatable bonds is 6. The smallest absolute Gasteiger partial charge is 0.323 e. The molecule has 8 heteroatoms. The predicted molar refractivity (Wildman–Crippen MR) is 68.4 cm³/mol. The van der Waals surface area contributed by atoms with Gasteiger partial charge in [0.25, 0.3) is 5.91 Å². The quantitative estimate of drug-likeness (QED) is 0.792. The second kappa shape index (κ2) is 6.11. The Bertz CT molecular complexity index is 625. The van der Waals surface area contributed by atoms with Gasteiger partial charge in [0.2, 0.25) is 0 Å². The fourth-order valence-corrected chi connectivity index (χ4v) is 1.75. The molecule has 0 aliphatic carbocycles. The number of pyridine rings is 1. The molecule has 20 heavy (non-hydrogen) atoms. The summed E-state index contributed by atoms with van der Waals surface area (Å²) in [5.41, 5.74) is 0.984. The summed E-state index contributed by atoms with van der Waals surface area (Å²) in [6.45, 7) is 0.109. The normalized spacial score (nSPS) is 10.7. The molecule has 2 aromatic rings. The maximum Gasteiger partial charge on any atom is 0.323 e. The van der Waals surface area contributed by atoms with Crippen LogP contribution >= 0.6 is 0 Å². The average molecular weight is 278 g/mol. The molecular weight excluding hydrogens is 264 g/mol. The van der Waals surface area contributed by atoms with Gasteiger partial charge in [-0.1, -0.05) is 0 Å². The topological polar surface area (TPSA) is 97.0 Å². The highest BCUT2D eigenvalue weighted by atomic mass is 16.5. The first-order chi connectivity index (χ1) is 9.61. The molecule has 0 unspecified atom stereocenters. The fourth-order valence-electron chi connectivity index (χ4n) is 1.75. The number of aliphatic carboxylic acids is 1. The van der Waals surface area contributed by atoms with Crippen molar-refractivity contribution in [1.82, 2.24) is 19.5 Å². The van der Waals surface area contributed by atoms with E-state index in [1.165, 1.54) is 18.3 Å². The van der Waals surface area contributed by atoms with E-state index >= 15 is 0 Å². The number of carboxylic acid groups (broad SMARTS) is 1. The van der Waals surface area contributed by atoms with Gasteiger partial charge in [-0.2, -0.15) is 0 Å². The molecule has 0 atom stereocenters. The van der Waals surface area contributed by atoms with E-state index in [1.807, 2.05) is 0 Å². The largest absolute Gasteiger partial charge is 0.480 e. The lowest BCUT2D eigenvalue weighted by molar-refractivity contribution is -0.137. The summed E-state index contributed by atoms with van der Waals surface area (Å²) in [6, 6.07) is 3.24. The predicted octanol–water partition coefficient (Wildman–Crippen LogP) is -0.0975. The third-order valence-electron chi connectivity index (χ3n) is 2.72. The number of aromatic nitrogens is 3. The van der Waals surface area contributed by atoms with Crippen LogP contribution in [0.3, 0.4) is 0 Å². The van der Waals surface area contributed by atoms with E-state index in [0.29, 0.717) is 11.2 Å². The number of hydrogen-bond acceptors (Lipinski definition) is 5. The molecule has 2 aromatic heterocycles. The van der Waals surface area contributed by atoms with Crippen LogP contribution in [0.5, 0.6) is 0 Å². The Morgan fingerprint density at radius 1 is 1.45 bits per heavy atom. The van der Waals surface area contributed by atoms with Crippen LogP contribution < -0.4 is 0 Å². The van der Waals surface area contributed by atoms with Gasteiger partial charge in [-0.25, -0.2) is 0 Å². The van der Waals surface area contributed by atoms with Crippen LogP contribution in [-0.4, -0.2) is 63.3 Å². The zero-order valence-electron chi connectivity index (χ0n) is 10.9. The second-order valence-corrected chi connectivity index (χ2v) is 4.13. The van der Waals surface area contributed by atoms with Gasteiger partial charge in [0, 0.05) is 19.9 Å². The van der Waals surface area contributed by atoms with E-state index in [2.05, 4.69) is 10.2 Å². The van der Waals surface area contributed by atoms with Gasteiger partial charge >= 0.3 is 5.97 Å². The maximum absolute atomic E-state index is 12.3. The lowest BCUT2D eigenvalue weighted by atomic mass is 10.2. The molecule has 0 aromatic carbocycles. The van der Waals surface area contributed by atoms with Gasteiger partial charge in [0.05, 0.1) is 12.2 Å². The van der Waals surface area contributed by atoms with Gasteiger partial charge in [-0.3, -0.25) is 14.0 Å². The van der Waals surface area contributed by atoms with Crippen molar-refractivity contribution in [2.24, 2.45) is 0 Å². The number of carbonyl (C=O) groups excluding carboxylic acids is 1. The van der Waals surface area contributed by atoms with Crippen LogP contribution in [0.25, 0.3) is 5.65 Å². The molecule has 0 spiro atoms. The molecular formula is C12H14N4O4. The van der Waals surface area contributed by atoms with Crippen molar-refractivity contribution in [1.29, 1.82) is 0 Å². The number of hydrogen-bond donors (Lipinski definition) is 1. The lowest BCUT2D eigenvalue weighted by Crippen LogP contribution is -2.38. The number of carbonyl (C=O) groups is 2.